The van der Waals surface area contributed by atoms with Gasteiger partial charge >= 0.3 is 0 Å². The highest BCUT2D eigenvalue weighted by Crippen LogP contribution is 2.14. The van der Waals surface area contributed by atoms with Gasteiger partial charge < -0.3 is 10.6 Å². The lowest BCUT2D eigenvalue weighted by atomic mass is 10.2. The third-order valence-electron chi connectivity index (χ3n) is 2.97. The fourth-order valence-corrected chi connectivity index (χ4v) is 2.85. The van der Waals surface area contributed by atoms with Gasteiger partial charge in [0.15, 0.2) is 0 Å². The molecule has 0 saturated carbocycles. The van der Waals surface area contributed by atoms with Crippen LogP contribution in [0.25, 0.3) is 0 Å². The molecule has 2 N–H and O–H groups in total. The van der Waals surface area contributed by atoms with Crippen molar-refractivity contribution < 1.29 is 9.59 Å². The Bertz CT molecular complexity index is 708. The summed E-state index contributed by atoms with van der Waals surface area (Å²) < 4.78 is 0. The van der Waals surface area contributed by atoms with Crippen LogP contribution in [0.1, 0.15) is 5.56 Å². The number of amides is 2. The lowest BCUT2D eigenvalue weighted by Gasteiger charge is -2.07. The number of hydrogen-bond donors (Lipinski definition) is 2. The van der Waals surface area contributed by atoms with Crippen molar-refractivity contribution in [3.63, 3.8) is 0 Å². The second-order valence-corrected chi connectivity index (χ2v) is 6.81. The van der Waals surface area contributed by atoms with E-state index in [0.29, 0.717) is 22.3 Å². The van der Waals surface area contributed by atoms with Crippen LogP contribution < -0.4 is 10.6 Å². The van der Waals surface area contributed by atoms with E-state index in [-0.39, 0.29) is 23.3 Å². The molecule has 0 aliphatic carbocycles. The average molecular weight is 383 g/mol. The van der Waals surface area contributed by atoms with Crippen LogP contribution in [-0.2, 0) is 16.1 Å². The molecular weight excluding hydrogens is 367 g/mol. The minimum Gasteiger partial charge on any atom is -0.351 e. The van der Waals surface area contributed by atoms with E-state index >= 15 is 0 Å². The first kappa shape index (κ1) is 18.6. The molecule has 126 valence electrons. The number of nitrogens with one attached hydrogen (secondary N) is 2. The molecule has 0 atom stereocenters. The Balaban J connectivity index is 1.65. The molecule has 0 fully saturated rings. The summed E-state index contributed by atoms with van der Waals surface area (Å²) in [4.78, 5) is 23.6. The summed E-state index contributed by atoms with van der Waals surface area (Å²) in [7, 11) is 0. The first-order valence-electron chi connectivity index (χ1n) is 7.17. The number of halogens is 2. The maximum Gasteiger partial charge on any atom is 0.234 e. The molecule has 0 heterocycles. The third-order valence-corrected chi connectivity index (χ3v) is 4.39. The van der Waals surface area contributed by atoms with E-state index in [1.807, 2.05) is 12.1 Å². The predicted octanol–water partition coefficient (Wildman–Crippen LogP) is 3.98. The summed E-state index contributed by atoms with van der Waals surface area (Å²) >= 11 is 12.9. The number of anilines is 1. The van der Waals surface area contributed by atoms with Gasteiger partial charge in [-0.05, 0) is 42.0 Å². The minimum absolute atomic E-state index is 0.126. The molecular formula is C17H16Cl2N2O2S. The third kappa shape index (κ3) is 6.83. The summed E-state index contributed by atoms with van der Waals surface area (Å²) in [6.07, 6.45) is 0. The zero-order valence-corrected chi connectivity index (χ0v) is 15.0. The Labute approximate surface area is 154 Å². The predicted molar refractivity (Wildman–Crippen MR) is 101 cm³/mol. The lowest BCUT2D eigenvalue weighted by molar-refractivity contribution is -0.118. The zero-order valence-electron chi connectivity index (χ0n) is 12.7. The van der Waals surface area contributed by atoms with E-state index in [9.17, 15) is 9.59 Å². The number of carbonyl (C=O) groups excluding carboxylic acids is 2. The Morgan fingerprint density at radius 3 is 2.33 bits per heavy atom. The van der Waals surface area contributed by atoms with Crippen LogP contribution in [0.2, 0.25) is 10.0 Å². The molecule has 0 aromatic heterocycles. The first-order valence-corrected chi connectivity index (χ1v) is 9.08. The Hall–Kier alpha value is -1.69. The number of hydrogen-bond acceptors (Lipinski definition) is 3. The van der Waals surface area contributed by atoms with E-state index < -0.39 is 0 Å². The van der Waals surface area contributed by atoms with Gasteiger partial charge in [-0.3, -0.25) is 9.59 Å². The van der Waals surface area contributed by atoms with Gasteiger partial charge in [0, 0.05) is 22.3 Å². The molecule has 0 bridgehead atoms. The quantitative estimate of drug-likeness (QED) is 0.761. The normalized spacial score (nSPS) is 10.2. The number of thioether (sulfide) groups is 1. The van der Waals surface area contributed by atoms with Crippen molar-refractivity contribution in [1.82, 2.24) is 5.32 Å². The standard InChI is InChI=1S/C17H16Cl2N2O2S/c18-13-4-6-15(7-5-13)21-17(23)11-24-10-16(22)20-9-12-2-1-3-14(19)8-12/h1-8H,9-11H2,(H,20,22)(H,21,23). The second kappa shape index (κ2) is 9.57. The largest absolute Gasteiger partial charge is 0.351 e. The molecule has 0 aliphatic heterocycles. The molecule has 0 aliphatic rings. The lowest BCUT2D eigenvalue weighted by Crippen LogP contribution is -2.25. The minimum atomic E-state index is -0.162. The van der Waals surface area contributed by atoms with Crippen molar-refractivity contribution in [3.8, 4) is 0 Å². The van der Waals surface area contributed by atoms with E-state index in [4.69, 9.17) is 23.2 Å². The van der Waals surface area contributed by atoms with Gasteiger partial charge in [-0.1, -0.05) is 35.3 Å². The van der Waals surface area contributed by atoms with Crippen molar-refractivity contribution >= 4 is 52.5 Å². The summed E-state index contributed by atoms with van der Waals surface area (Å²) in [5.74, 6) is 0.131. The molecule has 7 heteroatoms. The highest BCUT2D eigenvalue weighted by molar-refractivity contribution is 8.00. The Morgan fingerprint density at radius 2 is 1.62 bits per heavy atom. The molecule has 0 spiro atoms. The van der Waals surface area contributed by atoms with Gasteiger partial charge in [0.2, 0.25) is 11.8 Å². The van der Waals surface area contributed by atoms with Crippen LogP contribution in [0.4, 0.5) is 5.69 Å². The summed E-state index contributed by atoms with van der Waals surface area (Å²) in [6.45, 7) is 0.414. The first-order chi connectivity index (χ1) is 11.5. The molecule has 2 aromatic rings. The van der Waals surface area contributed by atoms with Crippen LogP contribution in [0, 0.1) is 0 Å². The summed E-state index contributed by atoms with van der Waals surface area (Å²) in [6, 6.07) is 14.2. The fourth-order valence-electron chi connectivity index (χ4n) is 1.87. The van der Waals surface area contributed by atoms with E-state index in [1.165, 1.54) is 11.8 Å². The second-order valence-electron chi connectivity index (χ2n) is 4.95. The number of rotatable bonds is 7. The maximum atomic E-state index is 11.8. The van der Waals surface area contributed by atoms with Crippen LogP contribution in [0.5, 0.6) is 0 Å². The van der Waals surface area contributed by atoms with Crippen LogP contribution in [0.3, 0.4) is 0 Å². The molecule has 24 heavy (non-hydrogen) atoms. The molecule has 2 aromatic carbocycles. The summed E-state index contributed by atoms with van der Waals surface area (Å²) in [5.41, 5.74) is 1.61. The van der Waals surface area contributed by atoms with Gasteiger partial charge in [-0.2, -0.15) is 0 Å². The summed E-state index contributed by atoms with van der Waals surface area (Å²) in [5, 5.41) is 6.78. The van der Waals surface area contributed by atoms with E-state index in [1.54, 1.807) is 36.4 Å². The van der Waals surface area contributed by atoms with E-state index in [0.717, 1.165) is 5.56 Å². The molecule has 0 unspecified atom stereocenters. The molecule has 2 amide bonds. The maximum absolute atomic E-state index is 11.8. The smallest absolute Gasteiger partial charge is 0.234 e. The van der Waals surface area contributed by atoms with Gasteiger partial charge in [0.1, 0.15) is 0 Å². The van der Waals surface area contributed by atoms with Gasteiger partial charge in [0.25, 0.3) is 0 Å². The highest BCUT2D eigenvalue weighted by atomic mass is 35.5. The van der Waals surface area contributed by atoms with Crippen molar-refractivity contribution in [2.24, 2.45) is 0 Å². The van der Waals surface area contributed by atoms with E-state index in [2.05, 4.69) is 10.6 Å². The fraction of sp³-hybridized carbons (Fsp3) is 0.176. The van der Waals surface area contributed by atoms with Crippen molar-refractivity contribution in [3.05, 3.63) is 64.1 Å². The Morgan fingerprint density at radius 1 is 0.917 bits per heavy atom. The topological polar surface area (TPSA) is 58.2 Å². The van der Waals surface area contributed by atoms with Crippen LogP contribution >= 0.6 is 35.0 Å². The number of benzene rings is 2. The Kier molecular flexibility index (Phi) is 7.43. The average Bonchev–Trinajstić information content (AvgIpc) is 2.55. The monoisotopic (exact) mass is 382 g/mol. The van der Waals surface area contributed by atoms with Crippen LogP contribution in [-0.4, -0.2) is 23.3 Å². The molecule has 0 radical (unpaired) electrons. The highest BCUT2D eigenvalue weighted by Gasteiger charge is 2.06. The van der Waals surface area contributed by atoms with Gasteiger partial charge in [-0.25, -0.2) is 0 Å². The van der Waals surface area contributed by atoms with Crippen LogP contribution in [0.15, 0.2) is 48.5 Å². The van der Waals surface area contributed by atoms with Gasteiger partial charge in [0.05, 0.1) is 11.5 Å². The molecule has 4 nitrogen and oxygen atoms in total. The van der Waals surface area contributed by atoms with Gasteiger partial charge in [-0.15, -0.1) is 11.8 Å². The van der Waals surface area contributed by atoms with Crippen molar-refractivity contribution in [1.29, 1.82) is 0 Å². The molecule has 0 saturated heterocycles. The zero-order chi connectivity index (χ0) is 17.4. The van der Waals surface area contributed by atoms with Crippen molar-refractivity contribution in [2.75, 3.05) is 16.8 Å². The SMILES string of the molecule is O=C(CSCC(=O)Nc1ccc(Cl)cc1)NCc1cccc(Cl)c1. The van der Waals surface area contributed by atoms with Crippen molar-refractivity contribution in [2.45, 2.75) is 6.54 Å². The molecule has 2 rings (SSSR count). The number of carbonyl (C=O) groups is 2.